The van der Waals surface area contributed by atoms with Gasteiger partial charge in [-0.15, -0.1) is 0 Å². The average Bonchev–Trinajstić information content (AvgIpc) is 3.12. The molecular weight excluding hydrogens is 368 g/mol. The predicted molar refractivity (Wildman–Crippen MR) is 106 cm³/mol. The molecule has 1 saturated heterocycles. The lowest BCUT2D eigenvalue weighted by Crippen LogP contribution is -2.45. The minimum Gasteiger partial charge on any atom is -0.490 e. The molecule has 1 heterocycles. The lowest BCUT2D eigenvalue weighted by molar-refractivity contribution is -0.132. The van der Waals surface area contributed by atoms with Crippen LogP contribution in [0.2, 0.25) is 5.02 Å². The molecule has 0 saturated carbocycles. The second-order valence-electron chi connectivity index (χ2n) is 6.81. The quantitative estimate of drug-likeness (QED) is 0.630. The average molecular weight is 397 g/mol. The maximum absolute atomic E-state index is 13.1. The number of ether oxygens (including phenoxy) is 2. The zero-order chi connectivity index (χ0) is 20.0. The third kappa shape index (κ3) is 5.06. The smallest absolute Gasteiger partial charge is 0.254 e. The zero-order valence-electron chi connectivity index (χ0n) is 16.6. The summed E-state index contributed by atoms with van der Waals surface area (Å²) >= 11 is 6.40. The molecule has 6 nitrogen and oxygen atoms in total. The molecule has 0 radical (unpaired) electrons. The van der Waals surface area contributed by atoms with Crippen LogP contribution in [0.15, 0.2) is 12.1 Å². The standard InChI is InChI=1S/C20H29ClN2O4/c1-5-7-11-27-18-15(21)12-14(13-17(18)26-6-2)19(24)23-10-8-9-16(23)20(25)22(3)4/h12-13,16H,5-11H2,1-4H3. The van der Waals surface area contributed by atoms with Crippen molar-refractivity contribution in [2.75, 3.05) is 33.9 Å². The first-order valence-electron chi connectivity index (χ1n) is 9.51. The molecule has 0 N–H and O–H groups in total. The number of carbonyl (C=O) groups is 2. The Bertz CT molecular complexity index is 678. The molecule has 1 aliphatic heterocycles. The molecule has 1 aliphatic rings. The largest absolute Gasteiger partial charge is 0.490 e. The fourth-order valence-electron chi connectivity index (χ4n) is 3.14. The van der Waals surface area contributed by atoms with Crippen molar-refractivity contribution in [3.63, 3.8) is 0 Å². The van der Waals surface area contributed by atoms with E-state index < -0.39 is 6.04 Å². The Morgan fingerprint density at radius 2 is 2.00 bits per heavy atom. The molecule has 0 aliphatic carbocycles. The van der Waals surface area contributed by atoms with Gasteiger partial charge in [0, 0.05) is 26.2 Å². The van der Waals surface area contributed by atoms with Gasteiger partial charge in [-0.05, 0) is 38.3 Å². The first-order chi connectivity index (χ1) is 12.9. The molecular formula is C20H29ClN2O4. The third-order valence-electron chi connectivity index (χ3n) is 4.54. The van der Waals surface area contributed by atoms with Crippen molar-refractivity contribution >= 4 is 23.4 Å². The van der Waals surface area contributed by atoms with Gasteiger partial charge in [0.1, 0.15) is 6.04 Å². The molecule has 1 fully saturated rings. The van der Waals surface area contributed by atoms with Crippen LogP contribution in [0.5, 0.6) is 11.5 Å². The lowest BCUT2D eigenvalue weighted by Gasteiger charge is -2.26. The molecule has 0 spiro atoms. The Morgan fingerprint density at radius 3 is 2.63 bits per heavy atom. The second kappa shape index (κ2) is 9.83. The molecule has 0 aromatic heterocycles. The van der Waals surface area contributed by atoms with Crippen LogP contribution in [0.4, 0.5) is 0 Å². The number of likely N-dealkylation sites (N-methyl/N-ethyl adjacent to an activating group) is 1. The first-order valence-corrected chi connectivity index (χ1v) is 9.89. The van der Waals surface area contributed by atoms with Gasteiger partial charge in [0.25, 0.3) is 5.91 Å². The van der Waals surface area contributed by atoms with Crippen molar-refractivity contribution < 1.29 is 19.1 Å². The van der Waals surface area contributed by atoms with Gasteiger partial charge in [0.15, 0.2) is 11.5 Å². The van der Waals surface area contributed by atoms with Crippen LogP contribution >= 0.6 is 11.6 Å². The molecule has 1 unspecified atom stereocenters. The third-order valence-corrected chi connectivity index (χ3v) is 4.82. The second-order valence-corrected chi connectivity index (χ2v) is 7.22. The molecule has 2 amide bonds. The summed E-state index contributed by atoms with van der Waals surface area (Å²) in [7, 11) is 3.41. The molecule has 27 heavy (non-hydrogen) atoms. The number of halogens is 1. The maximum Gasteiger partial charge on any atom is 0.254 e. The topological polar surface area (TPSA) is 59.1 Å². The van der Waals surface area contributed by atoms with E-state index in [1.165, 1.54) is 4.90 Å². The summed E-state index contributed by atoms with van der Waals surface area (Å²) < 4.78 is 11.4. The molecule has 0 bridgehead atoms. The highest BCUT2D eigenvalue weighted by molar-refractivity contribution is 6.32. The molecule has 1 aromatic carbocycles. The van der Waals surface area contributed by atoms with Gasteiger partial charge in [-0.25, -0.2) is 0 Å². The van der Waals surface area contributed by atoms with Crippen molar-refractivity contribution in [2.24, 2.45) is 0 Å². The summed E-state index contributed by atoms with van der Waals surface area (Å²) in [4.78, 5) is 28.6. The summed E-state index contributed by atoms with van der Waals surface area (Å²) in [5.41, 5.74) is 0.407. The summed E-state index contributed by atoms with van der Waals surface area (Å²) in [6.07, 6.45) is 3.40. The Kier molecular flexibility index (Phi) is 7.78. The number of unbranched alkanes of at least 4 members (excludes halogenated alkanes) is 1. The molecule has 150 valence electrons. The lowest BCUT2D eigenvalue weighted by atomic mass is 10.1. The SMILES string of the molecule is CCCCOc1c(Cl)cc(C(=O)N2CCCC2C(=O)N(C)C)cc1OCC. The van der Waals surface area contributed by atoms with Crippen LogP contribution in [-0.4, -0.2) is 61.5 Å². The predicted octanol–water partition coefficient (Wildman–Crippen LogP) is 3.61. The summed E-state index contributed by atoms with van der Waals surface area (Å²) in [6.45, 7) is 5.47. The Labute approximate surface area is 166 Å². The van der Waals surface area contributed by atoms with E-state index in [2.05, 4.69) is 6.92 Å². The monoisotopic (exact) mass is 396 g/mol. The maximum atomic E-state index is 13.1. The van der Waals surface area contributed by atoms with Gasteiger partial charge >= 0.3 is 0 Å². The van der Waals surface area contributed by atoms with Gasteiger partial charge in [-0.1, -0.05) is 24.9 Å². The number of benzene rings is 1. The first kappa shape index (κ1) is 21.4. The molecule has 1 atom stereocenters. The fraction of sp³-hybridized carbons (Fsp3) is 0.600. The fourth-order valence-corrected chi connectivity index (χ4v) is 3.41. The van der Waals surface area contributed by atoms with Crippen molar-refractivity contribution in [1.29, 1.82) is 0 Å². The van der Waals surface area contributed by atoms with Crippen molar-refractivity contribution in [3.8, 4) is 11.5 Å². The van der Waals surface area contributed by atoms with Crippen molar-refractivity contribution in [1.82, 2.24) is 9.80 Å². The number of amides is 2. The van der Waals surface area contributed by atoms with E-state index in [-0.39, 0.29) is 11.8 Å². The Hall–Kier alpha value is -1.95. The van der Waals surface area contributed by atoms with Gasteiger partial charge in [0.2, 0.25) is 5.91 Å². The van der Waals surface area contributed by atoms with E-state index in [1.807, 2.05) is 6.92 Å². The highest BCUT2D eigenvalue weighted by atomic mass is 35.5. The summed E-state index contributed by atoms with van der Waals surface area (Å²) in [5, 5.41) is 0.343. The highest BCUT2D eigenvalue weighted by Crippen LogP contribution is 2.37. The minimum atomic E-state index is -0.428. The number of rotatable bonds is 8. The normalized spacial score (nSPS) is 16.3. The number of likely N-dealkylation sites (tertiary alicyclic amines) is 1. The number of carbonyl (C=O) groups excluding carboxylic acids is 2. The van der Waals surface area contributed by atoms with Crippen LogP contribution in [0.3, 0.4) is 0 Å². The number of hydrogen-bond acceptors (Lipinski definition) is 4. The van der Waals surface area contributed by atoms with Gasteiger partial charge in [-0.3, -0.25) is 9.59 Å². The van der Waals surface area contributed by atoms with Crippen molar-refractivity contribution in [3.05, 3.63) is 22.7 Å². The highest BCUT2D eigenvalue weighted by Gasteiger charge is 2.35. The van der Waals surface area contributed by atoms with E-state index >= 15 is 0 Å². The van der Waals surface area contributed by atoms with Crippen LogP contribution in [0.25, 0.3) is 0 Å². The van der Waals surface area contributed by atoms with E-state index in [9.17, 15) is 9.59 Å². The van der Waals surface area contributed by atoms with Gasteiger partial charge in [-0.2, -0.15) is 0 Å². The van der Waals surface area contributed by atoms with E-state index in [4.69, 9.17) is 21.1 Å². The van der Waals surface area contributed by atoms with Crippen LogP contribution in [0, 0.1) is 0 Å². The molecule has 1 aromatic rings. The zero-order valence-corrected chi connectivity index (χ0v) is 17.3. The minimum absolute atomic E-state index is 0.0588. The molecule has 7 heteroatoms. The van der Waals surface area contributed by atoms with E-state index in [0.29, 0.717) is 48.3 Å². The number of hydrogen-bond donors (Lipinski definition) is 0. The van der Waals surface area contributed by atoms with Crippen LogP contribution in [-0.2, 0) is 4.79 Å². The summed E-state index contributed by atoms with van der Waals surface area (Å²) in [6, 6.07) is 2.83. The van der Waals surface area contributed by atoms with Gasteiger partial charge < -0.3 is 19.3 Å². The number of nitrogens with zero attached hydrogens (tertiary/aromatic N) is 2. The van der Waals surface area contributed by atoms with Crippen LogP contribution in [0.1, 0.15) is 49.9 Å². The van der Waals surface area contributed by atoms with E-state index in [1.54, 1.807) is 31.1 Å². The van der Waals surface area contributed by atoms with Crippen molar-refractivity contribution in [2.45, 2.75) is 45.6 Å². The Balaban J connectivity index is 2.28. The van der Waals surface area contributed by atoms with E-state index in [0.717, 1.165) is 19.3 Å². The van der Waals surface area contributed by atoms with Crippen LogP contribution < -0.4 is 9.47 Å². The van der Waals surface area contributed by atoms with Gasteiger partial charge in [0.05, 0.1) is 18.2 Å². The Morgan fingerprint density at radius 1 is 1.26 bits per heavy atom. The summed E-state index contributed by atoms with van der Waals surface area (Å²) in [5.74, 6) is 0.650. The molecule has 2 rings (SSSR count).